The number of carbonyl (C=O) groups excluding carboxylic acids is 1. The lowest BCUT2D eigenvalue weighted by molar-refractivity contribution is -0.125. The second-order valence-corrected chi connectivity index (χ2v) is 9.79. The maximum atomic E-state index is 13.4. The minimum Gasteiger partial charge on any atom is -0.379 e. The number of thiophene rings is 1. The van der Waals surface area contributed by atoms with Crippen LogP contribution in [0.2, 0.25) is 0 Å². The summed E-state index contributed by atoms with van der Waals surface area (Å²) in [4.78, 5) is 33.2. The maximum Gasteiger partial charge on any atom is 0.277 e. The van der Waals surface area contributed by atoms with E-state index in [4.69, 9.17) is 9.72 Å². The average molecular weight is 469 g/mol. The lowest BCUT2D eigenvalue weighted by atomic mass is 9.97. The molecule has 0 saturated carbocycles. The normalized spacial score (nSPS) is 16.5. The molecule has 7 nitrogen and oxygen atoms in total. The number of benzene rings is 1. The highest BCUT2D eigenvalue weighted by molar-refractivity contribution is 7.17. The van der Waals surface area contributed by atoms with Gasteiger partial charge in [-0.1, -0.05) is 17.7 Å². The van der Waals surface area contributed by atoms with Crippen molar-refractivity contribution in [1.29, 1.82) is 0 Å². The zero-order chi connectivity index (χ0) is 23.4. The fourth-order valence-corrected chi connectivity index (χ4v) is 4.92. The van der Waals surface area contributed by atoms with Crippen LogP contribution in [0, 0.1) is 12.8 Å². The smallest absolute Gasteiger partial charge is 0.277 e. The minimum absolute atomic E-state index is 0.0603. The molecule has 1 saturated heterocycles. The van der Waals surface area contributed by atoms with E-state index in [0.717, 1.165) is 37.1 Å². The van der Waals surface area contributed by atoms with Gasteiger partial charge in [-0.15, -0.1) is 11.3 Å². The van der Waals surface area contributed by atoms with Crippen molar-refractivity contribution in [3.8, 4) is 5.69 Å². The molecule has 1 aromatic carbocycles. The van der Waals surface area contributed by atoms with Gasteiger partial charge >= 0.3 is 0 Å². The first-order chi connectivity index (χ1) is 15.9. The molecule has 3 heterocycles. The largest absolute Gasteiger partial charge is 0.379 e. The van der Waals surface area contributed by atoms with E-state index >= 15 is 0 Å². The minimum atomic E-state index is -0.133. The van der Waals surface area contributed by atoms with Crippen LogP contribution < -0.4 is 15.8 Å². The molecule has 0 radical (unpaired) electrons. The van der Waals surface area contributed by atoms with Crippen molar-refractivity contribution in [3.63, 3.8) is 0 Å². The van der Waals surface area contributed by atoms with Crippen molar-refractivity contribution < 1.29 is 9.53 Å². The zero-order valence-electron chi connectivity index (χ0n) is 19.5. The highest BCUT2D eigenvalue weighted by Crippen LogP contribution is 2.26. The van der Waals surface area contributed by atoms with Crippen LogP contribution in [0.3, 0.4) is 0 Å². The molecule has 2 aromatic heterocycles. The van der Waals surface area contributed by atoms with Crippen LogP contribution in [0.4, 0.5) is 5.95 Å². The highest BCUT2D eigenvalue weighted by atomic mass is 32.1. The van der Waals surface area contributed by atoms with Gasteiger partial charge in [0.2, 0.25) is 11.9 Å². The third kappa shape index (κ3) is 5.45. The van der Waals surface area contributed by atoms with Gasteiger partial charge in [0, 0.05) is 26.2 Å². The number of ether oxygens (including phenoxy) is 1. The van der Waals surface area contributed by atoms with Gasteiger partial charge in [0.1, 0.15) is 4.70 Å². The van der Waals surface area contributed by atoms with E-state index in [1.54, 1.807) is 4.57 Å². The molecule has 1 aliphatic heterocycles. The quantitative estimate of drug-likeness (QED) is 0.508. The Morgan fingerprint density at radius 1 is 1.27 bits per heavy atom. The Bertz CT molecular complexity index is 1150. The van der Waals surface area contributed by atoms with E-state index < -0.39 is 0 Å². The van der Waals surface area contributed by atoms with Gasteiger partial charge in [-0.3, -0.25) is 9.59 Å². The molecule has 0 spiro atoms. The third-order valence-corrected chi connectivity index (χ3v) is 6.79. The van der Waals surface area contributed by atoms with Crippen LogP contribution in [0.25, 0.3) is 15.9 Å². The molecule has 0 aliphatic carbocycles. The van der Waals surface area contributed by atoms with Crippen molar-refractivity contribution >= 4 is 33.4 Å². The molecular weight excluding hydrogens is 436 g/mol. The molecule has 8 heteroatoms. The SMILES string of the molecule is Cc1ccc(-n2c(N3CCCC(C(=O)NCCCOC(C)C)C3)nc3ccsc3c2=O)cc1. The van der Waals surface area contributed by atoms with Crippen LogP contribution >= 0.6 is 11.3 Å². The monoisotopic (exact) mass is 468 g/mol. The predicted octanol–water partition coefficient (Wildman–Crippen LogP) is 3.90. The van der Waals surface area contributed by atoms with E-state index in [0.29, 0.717) is 35.9 Å². The Balaban J connectivity index is 1.55. The number of rotatable bonds is 8. The van der Waals surface area contributed by atoms with Crippen LogP contribution in [0.1, 0.15) is 38.7 Å². The Labute approximate surface area is 198 Å². The summed E-state index contributed by atoms with van der Waals surface area (Å²) in [6.45, 7) is 8.59. The van der Waals surface area contributed by atoms with Crippen LogP contribution in [-0.2, 0) is 9.53 Å². The Morgan fingerprint density at radius 3 is 2.82 bits per heavy atom. The van der Waals surface area contributed by atoms with E-state index in [1.165, 1.54) is 11.3 Å². The van der Waals surface area contributed by atoms with E-state index in [1.807, 2.05) is 56.5 Å². The van der Waals surface area contributed by atoms with Crippen LogP contribution in [0.5, 0.6) is 0 Å². The van der Waals surface area contributed by atoms with Crippen LogP contribution in [-0.4, -0.2) is 47.8 Å². The first-order valence-electron chi connectivity index (χ1n) is 11.7. The lowest BCUT2D eigenvalue weighted by Gasteiger charge is -2.34. The fraction of sp³-hybridized carbons (Fsp3) is 0.480. The molecule has 33 heavy (non-hydrogen) atoms. The molecule has 0 bridgehead atoms. The highest BCUT2D eigenvalue weighted by Gasteiger charge is 2.29. The molecule has 1 unspecified atom stereocenters. The van der Waals surface area contributed by atoms with E-state index in [2.05, 4.69) is 10.2 Å². The number of anilines is 1. The summed E-state index contributed by atoms with van der Waals surface area (Å²) in [5.41, 5.74) is 2.57. The number of piperidine rings is 1. The summed E-state index contributed by atoms with van der Waals surface area (Å²) in [5.74, 6) is 0.536. The summed E-state index contributed by atoms with van der Waals surface area (Å²) in [7, 11) is 0. The van der Waals surface area contributed by atoms with Crippen molar-refractivity contribution in [3.05, 3.63) is 51.6 Å². The molecule has 3 aromatic rings. The number of hydrogen-bond donors (Lipinski definition) is 1. The van der Waals surface area contributed by atoms with Gasteiger partial charge in [0.25, 0.3) is 5.56 Å². The van der Waals surface area contributed by atoms with Crippen molar-refractivity contribution in [2.75, 3.05) is 31.1 Å². The van der Waals surface area contributed by atoms with Crippen molar-refractivity contribution in [2.24, 2.45) is 5.92 Å². The number of carbonyl (C=O) groups is 1. The lowest BCUT2D eigenvalue weighted by Crippen LogP contribution is -2.45. The summed E-state index contributed by atoms with van der Waals surface area (Å²) in [5, 5.41) is 4.96. The second-order valence-electron chi connectivity index (χ2n) is 8.87. The molecule has 1 fully saturated rings. The van der Waals surface area contributed by atoms with Gasteiger partial charge < -0.3 is 15.0 Å². The first-order valence-corrected chi connectivity index (χ1v) is 12.5. The summed E-state index contributed by atoms with van der Waals surface area (Å²) >= 11 is 1.41. The summed E-state index contributed by atoms with van der Waals surface area (Å²) in [6.07, 6.45) is 2.70. The number of nitrogens with zero attached hydrogens (tertiary/aromatic N) is 3. The van der Waals surface area contributed by atoms with E-state index in [9.17, 15) is 9.59 Å². The molecule has 1 aliphatic rings. The number of aromatic nitrogens is 2. The van der Waals surface area contributed by atoms with Gasteiger partial charge in [0.05, 0.1) is 23.2 Å². The van der Waals surface area contributed by atoms with Gasteiger partial charge in [0.15, 0.2) is 0 Å². The molecule has 176 valence electrons. The number of amides is 1. The Kier molecular flexibility index (Phi) is 7.45. The predicted molar refractivity (Wildman–Crippen MR) is 134 cm³/mol. The molecule has 1 atom stereocenters. The standard InChI is InChI=1S/C25H32N4O3S/c1-17(2)32-14-5-12-26-23(30)19-6-4-13-28(16-19)25-27-21-11-15-33-22(21)24(31)29(25)20-9-7-18(3)8-10-20/h7-11,15,17,19H,4-6,12-14,16H2,1-3H3,(H,26,30). The van der Waals surface area contributed by atoms with Gasteiger partial charge in [-0.25, -0.2) is 9.55 Å². The fourth-order valence-electron chi connectivity index (χ4n) is 4.16. The molecule has 1 N–H and O–H groups in total. The number of hydrogen-bond acceptors (Lipinski definition) is 6. The second kappa shape index (κ2) is 10.5. The zero-order valence-corrected chi connectivity index (χ0v) is 20.4. The molecule has 4 rings (SSSR count). The molecular formula is C25H32N4O3S. The number of nitrogens with one attached hydrogen (secondary N) is 1. The first kappa shape index (κ1) is 23.4. The topological polar surface area (TPSA) is 76.5 Å². The summed E-state index contributed by atoms with van der Waals surface area (Å²) in [6, 6.07) is 9.79. The maximum absolute atomic E-state index is 13.4. The average Bonchev–Trinajstić information content (AvgIpc) is 3.28. The third-order valence-electron chi connectivity index (χ3n) is 5.90. The van der Waals surface area contributed by atoms with Gasteiger partial charge in [-0.05, 0) is 63.6 Å². The van der Waals surface area contributed by atoms with Crippen molar-refractivity contribution in [1.82, 2.24) is 14.9 Å². The van der Waals surface area contributed by atoms with Crippen molar-refractivity contribution in [2.45, 2.75) is 46.1 Å². The van der Waals surface area contributed by atoms with Crippen LogP contribution in [0.15, 0.2) is 40.5 Å². The summed E-state index contributed by atoms with van der Waals surface area (Å²) < 4.78 is 7.89. The Hall–Kier alpha value is -2.71. The van der Waals surface area contributed by atoms with Gasteiger partial charge in [-0.2, -0.15) is 0 Å². The number of aryl methyl sites for hydroxylation is 1. The number of fused-ring (bicyclic) bond motifs is 1. The Morgan fingerprint density at radius 2 is 2.06 bits per heavy atom. The van der Waals surface area contributed by atoms with E-state index in [-0.39, 0.29) is 23.5 Å². The molecule has 1 amide bonds.